The van der Waals surface area contributed by atoms with E-state index in [0.717, 1.165) is 4.90 Å². The molecule has 1 saturated heterocycles. The Bertz CT molecular complexity index is 2720. The second kappa shape index (κ2) is 78.8. The summed E-state index contributed by atoms with van der Waals surface area (Å²) in [5.74, 6) is -10.1. The largest absolute Gasteiger partial charge is 0.481 e. The predicted molar refractivity (Wildman–Crippen MR) is 412 cm³/mol. The van der Waals surface area contributed by atoms with Crippen molar-refractivity contribution >= 4 is 138 Å². The summed E-state index contributed by atoms with van der Waals surface area (Å²) in [6, 6.07) is 0. The van der Waals surface area contributed by atoms with Gasteiger partial charge in [0.05, 0.1) is 128 Å². The SMILES string of the molecule is COC(COC(=O)CCC(=O)O)OCC(CO)OC(CO)OCC(CO)OC(CO)OCC(C)CO.I.[3H]CP.[3H]PCOC(=O)CN1C(=O)CCC1=O.[3H]PCOC(=O)CNC(=O)CCC(=O)O.[3H]PCOC(=O)CNC(=O)CCC(=O)OCC(OCC(CO)OC(CO)OCC(C)CO)OC(CO)COC(COC(=O)CCC(=O)O)OC. The van der Waals surface area contributed by atoms with Gasteiger partial charge < -0.3 is 157 Å². The van der Waals surface area contributed by atoms with Crippen LogP contribution in [-0.4, -0.2) is 388 Å². The van der Waals surface area contributed by atoms with Gasteiger partial charge in [-0.05, 0) is 0 Å². The monoisotopic (exact) mass is 1880 g/mol. The summed E-state index contributed by atoms with van der Waals surface area (Å²) >= 11 is 0. The average Bonchev–Trinajstić information content (AvgIpc) is 1.73. The van der Waals surface area contributed by atoms with Crippen molar-refractivity contribution in [2.24, 2.45) is 11.8 Å². The highest BCUT2D eigenvalue weighted by molar-refractivity contribution is 14.0. The van der Waals surface area contributed by atoms with Crippen molar-refractivity contribution in [1.29, 1.82) is 3.84 Å². The first-order chi connectivity index (χ1) is 56.2. The molecule has 16 atom stereocenters. The number of methoxy groups -OCH3 is 2. The summed E-state index contributed by atoms with van der Waals surface area (Å²) in [6.45, 7) is -3.94. The number of aliphatic hydroxyl groups is 9. The van der Waals surface area contributed by atoms with E-state index in [4.69, 9.17) is 102 Å². The minimum atomic E-state index is -1.42. The van der Waals surface area contributed by atoms with E-state index in [1.807, 2.05) is 0 Å². The molecule has 0 saturated carbocycles. The van der Waals surface area contributed by atoms with E-state index >= 15 is 0 Å². The summed E-state index contributed by atoms with van der Waals surface area (Å²) in [4.78, 5) is 146. The zero-order valence-corrected chi connectivity index (χ0v) is 70.6. The third-order valence-electron chi connectivity index (χ3n) is 13.1. The molecule has 1 aliphatic heterocycles. The van der Waals surface area contributed by atoms with E-state index in [1.165, 1.54) is 14.2 Å². The molecule has 16 unspecified atom stereocenters. The lowest BCUT2D eigenvalue weighted by molar-refractivity contribution is -0.251. The van der Waals surface area contributed by atoms with Crippen molar-refractivity contribution in [3.63, 3.8) is 0 Å². The summed E-state index contributed by atoms with van der Waals surface area (Å²) in [5, 5.41) is 115. The van der Waals surface area contributed by atoms with Gasteiger partial charge in [-0.3, -0.25) is 67.2 Å². The molecule has 51 heteroatoms. The number of halogens is 1. The Hall–Kier alpha value is -5.08. The molecule has 0 aromatic rings. The number of ether oxygens (including phenoxy) is 18. The molecule has 1 heterocycles. The number of carbonyl (C=O) groups excluding carboxylic acids is 10. The Morgan fingerprint density at radius 3 is 0.974 bits per heavy atom. The maximum Gasteiger partial charge on any atom is 0.326 e. The van der Waals surface area contributed by atoms with Gasteiger partial charge in [0.2, 0.25) is 23.6 Å². The zero-order chi connectivity index (χ0) is 90.0. The van der Waals surface area contributed by atoms with Gasteiger partial charge in [-0.25, -0.2) is 0 Å². The fourth-order valence-electron chi connectivity index (χ4n) is 7.20. The molecule has 4 amide bonds. The predicted octanol–water partition coefficient (Wildman–Crippen LogP) is -5.34. The molecule has 1 rings (SSSR count). The van der Waals surface area contributed by atoms with Gasteiger partial charge in [-0.2, -0.15) is 0 Å². The molecule has 0 aliphatic carbocycles. The van der Waals surface area contributed by atoms with Crippen LogP contribution in [-0.2, 0) is 148 Å². The molecular weight excluding hydrogens is 1750 g/mol. The van der Waals surface area contributed by atoms with Gasteiger partial charge in [-0.15, -0.1) is 33.2 Å². The van der Waals surface area contributed by atoms with E-state index in [1.54, 1.807) is 13.8 Å². The summed E-state index contributed by atoms with van der Waals surface area (Å²) < 4.78 is 120. The van der Waals surface area contributed by atoms with Gasteiger partial charge in [0.1, 0.15) is 82.9 Å². The lowest BCUT2D eigenvalue weighted by Gasteiger charge is -2.28. The van der Waals surface area contributed by atoms with Crippen molar-refractivity contribution < 1.29 is 210 Å². The highest BCUT2D eigenvalue weighted by Gasteiger charge is 2.32. The molecule has 0 bridgehead atoms. The van der Waals surface area contributed by atoms with E-state index < -0.39 is 213 Å². The van der Waals surface area contributed by atoms with Crippen LogP contribution < -0.4 is 10.6 Å². The minimum Gasteiger partial charge on any atom is -0.481 e. The lowest BCUT2D eigenvalue weighted by atomic mass is 10.2. The fraction of sp³-hybridized carbons (Fsp3) is 0.797. The number of carboxylic acids is 3. The van der Waals surface area contributed by atoms with Gasteiger partial charge in [0.15, 0.2) is 37.7 Å². The number of nitrogens with one attached hydrogen (secondary N) is 2. The fourth-order valence-corrected chi connectivity index (χ4v) is 7.68. The molecule has 0 spiro atoms. The number of amides is 4. The minimum absolute atomic E-state index is 0. The van der Waals surface area contributed by atoms with Gasteiger partial charge in [0.25, 0.3) is 0 Å². The highest BCUT2D eigenvalue weighted by Crippen LogP contribution is 2.15. The number of carboxylic acid groups (broad SMARTS) is 3. The molecule has 0 radical (unpaired) electrons. The molecule has 0 aromatic heterocycles. The summed E-state index contributed by atoms with van der Waals surface area (Å²) in [7, 11) is 3.95. The maximum absolute atomic E-state index is 12.4. The normalized spacial score (nSPS) is 15.4. The molecule has 674 valence electrons. The third-order valence-corrected chi connectivity index (χ3v) is 13.6. The Morgan fingerprint density at radius 2 is 0.670 bits per heavy atom. The molecule has 46 nitrogen and oxygen atoms in total. The number of aliphatic hydroxyl groups excluding tert-OH is 9. The number of nitrogens with zero attached hydrogens (tertiary/aromatic N) is 1. The van der Waals surface area contributed by atoms with E-state index in [0.29, 0.717) is 6.64 Å². The summed E-state index contributed by atoms with van der Waals surface area (Å²) in [5.41, 5.74) is 0. The Labute approximate surface area is 695 Å². The van der Waals surface area contributed by atoms with Crippen molar-refractivity contribution in [2.75, 3.05) is 178 Å². The molecule has 1 fully saturated rings. The molecule has 1 aliphatic rings. The van der Waals surface area contributed by atoms with Crippen LogP contribution in [0.15, 0.2) is 0 Å². The summed E-state index contributed by atoms with van der Waals surface area (Å²) in [6.07, 6.45) is -13.6. The van der Waals surface area contributed by atoms with Crippen LogP contribution >= 0.6 is 60.8 Å². The van der Waals surface area contributed by atoms with Gasteiger partial charge >= 0.3 is 53.7 Å². The van der Waals surface area contributed by atoms with Crippen molar-refractivity contribution in [3.8, 4) is 0 Å². The number of aliphatic carboxylic acids is 3. The van der Waals surface area contributed by atoms with Crippen LogP contribution in [0, 0.1) is 11.8 Å². The second-order valence-electron chi connectivity index (χ2n) is 22.6. The first-order valence-electron chi connectivity index (χ1n) is 36.7. The van der Waals surface area contributed by atoms with E-state index in [-0.39, 0.29) is 212 Å². The topological polar surface area (TPSA) is 658 Å². The number of likely N-dealkylation sites (tertiary alicyclic amines) is 1. The molecule has 115 heavy (non-hydrogen) atoms. The highest BCUT2D eigenvalue weighted by atomic mass is 127. The van der Waals surface area contributed by atoms with Crippen molar-refractivity contribution in [1.82, 2.24) is 15.5 Å². The molecule has 14 N–H and O–H groups in total. The smallest absolute Gasteiger partial charge is 0.326 e. The molecule has 0 aromatic carbocycles. The van der Waals surface area contributed by atoms with Crippen molar-refractivity contribution in [3.05, 3.63) is 0 Å². The molecular formula is C64H118IN3O43P4. The van der Waals surface area contributed by atoms with E-state index in [9.17, 15) is 98.1 Å². The number of esters is 6. The average molecular weight is 1880 g/mol. The quantitative estimate of drug-likeness (QED) is 0.00675. The number of hydrogen-bond donors (Lipinski definition) is 14. The second-order valence-corrected chi connectivity index (χ2v) is 23.4. The number of hydrogen-bond acceptors (Lipinski definition) is 40. The standard InChI is InChI=1S/C28H50NO19P.C21H40O15.C7H12NO5P.C7H10NO4P.CH5P.HI/c1-18(8-30)12-43-26(11-33)47-19(9-31)14-45-28(16-42-23(37)5-3-21(34)29-7-25(39)46-17-49)48-20(10-32)13-44-27(40-2)15-41-24(38)6-4-22(35)36;1-14(5-22)10-32-19(8-25)35-15(6-23)11-33-20(9-26)36-16(7-24)12-34-21(30-2)13-31-18(29)4-3-17(27)28;9-5(1-2-6(10)11)8-3-7(12)13-4-14;9-5-1-2-6(10)8(5)3-7(11)12-4-13;1-2;/h18-20,26-28,30-33H,3-17,49H2,1-2H3,(H,29,34)(H,35,36);14-16,19-26H,3-13H2,1-2H3,(H,27,28);1-4,14H2,(H,8,9)(H,10,11);1-4,13H2;2H2,1H3;1H/i49T;;14T;13T;1T;. The number of rotatable bonds is 67. The Balaban J connectivity index is -0.000000538. The van der Waals surface area contributed by atoms with Crippen LogP contribution in [0.1, 0.15) is 79.4 Å². The zero-order valence-electron chi connectivity index (χ0n) is 68.1. The van der Waals surface area contributed by atoms with Crippen LogP contribution in [0.5, 0.6) is 0 Å². The lowest BCUT2D eigenvalue weighted by Crippen LogP contribution is -2.39. The van der Waals surface area contributed by atoms with Gasteiger partial charge in [-0.1, -0.05) is 48.0 Å². The Morgan fingerprint density at radius 1 is 0.391 bits per heavy atom. The van der Waals surface area contributed by atoms with Crippen LogP contribution in [0.25, 0.3) is 0 Å². The maximum atomic E-state index is 12.4. The van der Waals surface area contributed by atoms with Gasteiger partial charge in [0, 0.05) is 66.3 Å². The first-order valence-corrected chi connectivity index (χ1v) is 37.4. The first kappa shape index (κ1) is 110. The van der Waals surface area contributed by atoms with Crippen LogP contribution in [0.4, 0.5) is 0 Å². The number of imide groups is 1. The Kier molecular flexibility index (Phi) is 75.3. The van der Waals surface area contributed by atoms with E-state index in [2.05, 4.69) is 34.1 Å². The van der Waals surface area contributed by atoms with Crippen LogP contribution in [0.2, 0.25) is 0 Å². The number of carbonyl (C=O) groups is 13. The van der Waals surface area contributed by atoms with Crippen LogP contribution in [0.3, 0.4) is 0 Å². The third kappa shape index (κ3) is 69.4. The van der Waals surface area contributed by atoms with Crippen molar-refractivity contribution in [2.45, 2.75) is 140 Å².